The second-order valence-corrected chi connectivity index (χ2v) is 6.79. The standard InChI is InChI=1S/C20H16Cl2N4O3/c1-2-9-23-19(28)20(29)25-26-16-8-7-13(21)10-12(16)11-17(26)18(27)24-15-6-4-3-5-14(15)22/h2-8,10-11H,1,9H2,(H,23,28)(H,24,27)(H,25,29). The van der Waals surface area contributed by atoms with Crippen molar-refractivity contribution in [3.05, 3.63) is 76.9 Å². The Labute approximate surface area is 176 Å². The number of anilines is 1. The number of nitrogens with zero attached hydrogens (tertiary/aromatic N) is 1. The molecule has 0 fully saturated rings. The molecule has 0 aliphatic heterocycles. The van der Waals surface area contributed by atoms with Gasteiger partial charge in [0.2, 0.25) is 0 Å². The van der Waals surface area contributed by atoms with Gasteiger partial charge in [-0.1, -0.05) is 41.4 Å². The molecule has 3 aromatic rings. The second kappa shape index (κ2) is 8.81. The highest BCUT2D eigenvalue weighted by Crippen LogP contribution is 2.25. The Bertz CT molecular complexity index is 1120. The van der Waals surface area contributed by atoms with E-state index in [1.54, 1.807) is 48.5 Å². The van der Waals surface area contributed by atoms with Gasteiger partial charge in [0.1, 0.15) is 5.69 Å². The van der Waals surface area contributed by atoms with Gasteiger partial charge in [-0.15, -0.1) is 6.58 Å². The van der Waals surface area contributed by atoms with Gasteiger partial charge in [-0.2, -0.15) is 0 Å². The van der Waals surface area contributed by atoms with Crippen LogP contribution in [0.2, 0.25) is 10.0 Å². The molecule has 0 radical (unpaired) electrons. The Morgan fingerprint density at radius 1 is 1.03 bits per heavy atom. The fraction of sp³-hybridized carbons (Fsp3) is 0.0500. The molecule has 0 bridgehead atoms. The second-order valence-electron chi connectivity index (χ2n) is 5.94. The number of hydrogen-bond donors (Lipinski definition) is 3. The molecule has 0 saturated carbocycles. The van der Waals surface area contributed by atoms with Crippen molar-refractivity contribution in [2.24, 2.45) is 0 Å². The number of carbonyl (C=O) groups is 3. The van der Waals surface area contributed by atoms with E-state index in [-0.39, 0.29) is 12.2 Å². The first-order valence-corrected chi connectivity index (χ1v) is 9.23. The van der Waals surface area contributed by atoms with Crippen LogP contribution in [0.15, 0.2) is 61.2 Å². The highest BCUT2D eigenvalue weighted by molar-refractivity contribution is 6.38. The lowest BCUT2D eigenvalue weighted by Crippen LogP contribution is -2.39. The summed E-state index contributed by atoms with van der Waals surface area (Å²) in [7, 11) is 0. The molecule has 0 saturated heterocycles. The number of rotatable bonds is 5. The molecule has 0 aliphatic carbocycles. The van der Waals surface area contributed by atoms with Crippen molar-refractivity contribution in [2.45, 2.75) is 0 Å². The van der Waals surface area contributed by atoms with Gasteiger partial charge in [-0.05, 0) is 36.4 Å². The van der Waals surface area contributed by atoms with Gasteiger partial charge < -0.3 is 10.6 Å². The van der Waals surface area contributed by atoms with Crippen molar-refractivity contribution in [1.29, 1.82) is 0 Å². The number of nitrogens with one attached hydrogen (secondary N) is 3. The summed E-state index contributed by atoms with van der Waals surface area (Å²) in [5.74, 6) is -2.33. The first-order chi connectivity index (χ1) is 13.9. The third kappa shape index (κ3) is 4.59. The summed E-state index contributed by atoms with van der Waals surface area (Å²) in [5.41, 5.74) is 3.42. The quantitative estimate of drug-likeness (QED) is 0.426. The minimum absolute atomic E-state index is 0.0899. The Morgan fingerprint density at radius 2 is 1.79 bits per heavy atom. The van der Waals surface area contributed by atoms with Crippen LogP contribution in [-0.2, 0) is 9.59 Å². The van der Waals surface area contributed by atoms with Crippen molar-refractivity contribution in [1.82, 2.24) is 9.99 Å². The molecule has 3 amide bonds. The van der Waals surface area contributed by atoms with E-state index in [0.717, 1.165) is 0 Å². The van der Waals surface area contributed by atoms with Gasteiger partial charge in [0, 0.05) is 17.0 Å². The molecule has 3 N–H and O–H groups in total. The van der Waals surface area contributed by atoms with Gasteiger partial charge in [-0.3, -0.25) is 19.8 Å². The summed E-state index contributed by atoms with van der Waals surface area (Å²) in [6, 6.07) is 13.2. The fourth-order valence-electron chi connectivity index (χ4n) is 2.62. The minimum atomic E-state index is -0.939. The summed E-state index contributed by atoms with van der Waals surface area (Å²) in [6.45, 7) is 3.61. The van der Waals surface area contributed by atoms with Crippen LogP contribution in [-0.4, -0.2) is 28.9 Å². The Balaban J connectivity index is 1.97. The molecule has 2 aromatic carbocycles. The molecule has 7 nitrogen and oxygen atoms in total. The topological polar surface area (TPSA) is 92.2 Å². The summed E-state index contributed by atoms with van der Waals surface area (Å²) in [4.78, 5) is 37.0. The van der Waals surface area contributed by atoms with Crippen molar-refractivity contribution in [3.8, 4) is 0 Å². The summed E-state index contributed by atoms with van der Waals surface area (Å²) in [6.07, 6.45) is 1.45. The average molecular weight is 431 g/mol. The van der Waals surface area contributed by atoms with Crippen molar-refractivity contribution in [2.75, 3.05) is 17.3 Å². The van der Waals surface area contributed by atoms with Crippen LogP contribution in [0.5, 0.6) is 0 Å². The van der Waals surface area contributed by atoms with E-state index >= 15 is 0 Å². The molecule has 1 aromatic heterocycles. The van der Waals surface area contributed by atoms with E-state index in [9.17, 15) is 14.4 Å². The smallest absolute Gasteiger partial charge is 0.328 e. The Morgan fingerprint density at radius 3 is 2.52 bits per heavy atom. The summed E-state index contributed by atoms with van der Waals surface area (Å²) < 4.78 is 1.23. The van der Waals surface area contributed by atoms with E-state index in [1.165, 1.54) is 10.8 Å². The Kier molecular flexibility index (Phi) is 6.21. The number of carbonyl (C=O) groups excluding carboxylic acids is 3. The van der Waals surface area contributed by atoms with Gasteiger partial charge in [0.15, 0.2) is 0 Å². The highest BCUT2D eigenvalue weighted by Gasteiger charge is 2.21. The predicted octanol–water partition coefficient (Wildman–Crippen LogP) is 3.57. The summed E-state index contributed by atoms with van der Waals surface area (Å²) >= 11 is 12.1. The lowest BCUT2D eigenvalue weighted by molar-refractivity contribution is -0.136. The largest absolute Gasteiger partial charge is 0.344 e. The number of benzene rings is 2. The normalized spacial score (nSPS) is 10.4. The average Bonchev–Trinajstić information content (AvgIpc) is 3.05. The number of aromatic nitrogens is 1. The SMILES string of the molecule is C=CCNC(=O)C(=O)Nn1c(C(=O)Nc2ccccc2Cl)cc2cc(Cl)ccc21. The molecule has 9 heteroatoms. The molecule has 0 aliphatic rings. The van der Waals surface area contributed by atoms with Gasteiger partial charge in [0.05, 0.1) is 16.2 Å². The van der Waals surface area contributed by atoms with Crippen molar-refractivity contribution in [3.63, 3.8) is 0 Å². The fourth-order valence-corrected chi connectivity index (χ4v) is 2.98. The zero-order chi connectivity index (χ0) is 21.0. The van der Waals surface area contributed by atoms with Crippen molar-refractivity contribution < 1.29 is 14.4 Å². The zero-order valence-corrected chi connectivity index (χ0v) is 16.6. The maximum absolute atomic E-state index is 12.9. The van der Waals surface area contributed by atoms with E-state index < -0.39 is 17.7 Å². The van der Waals surface area contributed by atoms with Crippen molar-refractivity contribution >= 4 is 57.5 Å². The number of halogens is 2. The molecule has 0 unspecified atom stereocenters. The molecule has 148 valence electrons. The van der Waals surface area contributed by atoms with Crippen LogP contribution in [0.3, 0.4) is 0 Å². The van der Waals surface area contributed by atoms with Crippen LogP contribution in [0.4, 0.5) is 5.69 Å². The van der Waals surface area contributed by atoms with Crippen LogP contribution in [0, 0.1) is 0 Å². The highest BCUT2D eigenvalue weighted by atomic mass is 35.5. The molecular formula is C20H16Cl2N4O3. The van der Waals surface area contributed by atoms with E-state index in [4.69, 9.17) is 23.2 Å². The Hall–Kier alpha value is -3.29. The third-order valence-electron chi connectivity index (χ3n) is 3.94. The lowest BCUT2D eigenvalue weighted by atomic mass is 10.2. The molecule has 0 atom stereocenters. The van der Waals surface area contributed by atoms with Crippen LogP contribution in [0.1, 0.15) is 10.5 Å². The van der Waals surface area contributed by atoms with E-state index in [1.807, 2.05) is 0 Å². The molecule has 29 heavy (non-hydrogen) atoms. The monoisotopic (exact) mass is 430 g/mol. The number of amides is 3. The lowest BCUT2D eigenvalue weighted by Gasteiger charge is -2.13. The van der Waals surface area contributed by atoms with Crippen LogP contribution < -0.4 is 16.1 Å². The third-order valence-corrected chi connectivity index (χ3v) is 4.51. The molecule has 3 rings (SSSR count). The molecular weight excluding hydrogens is 415 g/mol. The van der Waals surface area contributed by atoms with Crippen LogP contribution >= 0.6 is 23.2 Å². The van der Waals surface area contributed by atoms with Crippen LogP contribution in [0.25, 0.3) is 10.9 Å². The first-order valence-electron chi connectivity index (χ1n) is 8.47. The summed E-state index contributed by atoms with van der Waals surface area (Å²) in [5, 5.41) is 6.49. The van der Waals surface area contributed by atoms with Gasteiger partial charge in [-0.25, -0.2) is 4.68 Å². The predicted molar refractivity (Wildman–Crippen MR) is 114 cm³/mol. The number of para-hydroxylation sites is 1. The van der Waals surface area contributed by atoms with Gasteiger partial charge in [0.25, 0.3) is 5.91 Å². The van der Waals surface area contributed by atoms with E-state index in [0.29, 0.717) is 26.6 Å². The zero-order valence-electron chi connectivity index (χ0n) is 15.0. The maximum atomic E-state index is 12.9. The first kappa shape index (κ1) is 20.4. The minimum Gasteiger partial charge on any atom is -0.344 e. The number of hydrogen-bond acceptors (Lipinski definition) is 3. The van der Waals surface area contributed by atoms with E-state index in [2.05, 4.69) is 22.6 Å². The van der Waals surface area contributed by atoms with Gasteiger partial charge >= 0.3 is 11.8 Å². The molecule has 0 spiro atoms. The maximum Gasteiger partial charge on any atom is 0.328 e. The molecule has 1 heterocycles. The number of fused-ring (bicyclic) bond motifs is 1.